The Kier molecular flexibility index (Phi) is 3.07. The number of rotatable bonds is 0. The first-order valence-corrected chi connectivity index (χ1v) is 6.64. The molecule has 1 N–H and O–H groups in total. The molecule has 0 saturated carbocycles. The van der Waals surface area contributed by atoms with E-state index in [9.17, 15) is 14.7 Å². The minimum Gasteiger partial charge on any atom is -0.504 e. The number of Topliss-reactive ketones (excluding diaryl/α,β-unsaturated/α-hetero) is 1. The molecule has 0 spiro atoms. The van der Waals surface area contributed by atoms with Gasteiger partial charge in [0, 0.05) is 23.6 Å². The van der Waals surface area contributed by atoms with Crippen LogP contribution in [0.25, 0.3) is 11.1 Å². The Morgan fingerprint density at radius 1 is 1.00 bits per heavy atom. The smallest absolute Gasteiger partial charge is 0.221 e. The Morgan fingerprint density at radius 3 is 2.55 bits per heavy atom. The predicted molar refractivity (Wildman–Crippen MR) is 77.5 cm³/mol. The molecule has 4 heteroatoms. The molecule has 0 aliphatic heterocycles. The van der Waals surface area contributed by atoms with Gasteiger partial charge in [0.25, 0.3) is 0 Å². The molecule has 0 saturated heterocycles. The van der Waals surface area contributed by atoms with Crippen LogP contribution in [0.1, 0.15) is 22.3 Å². The number of aromatic hydroxyl groups is 1. The van der Waals surface area contributed by atoms with Crippen LogP contribution in [0.5, 0.6) is 5.75 Å². The normalized spacial score (nSPS) is 13.3. The summed E-state index contributed by atoms with van der Waals surface area (Å²) in [6, 6.07) is 9.97. The molecular formula is C16H11ClO3. The largest absolute Gasteiger partial charge is 0.504 e. The van der Waals surface area contributed by atoms with Gasteiger partial charge in [0.15, 0.2) is 11.5 Å². The SMILES string of the molecule is O=C1CCc2ccccc2-c2c(Cl)cc(=O)c(O)cc21. The molecule has 100 valence electrons. The molecule has 0 fully saturated rings. The Hall–Kier alpha value is -2.13. The number of carbonyl (C=O) groups excluding carboxylic acids is 1. The van der Waals surface area contributed by atoms with E-state index in [1.165, 1.54) is 6.07 Å². The fourth-order valence-corrected chi connectivity index (χ4v) is 2.83. The lowest BCUT2D eigenvalue weighted by atomic mass is 9.98. The minimum absolute atomic E-state index is 0.121. The van der Waals surface area contributed by atoms with Gasteiger partial charge in [-0.25, -0.2) is 0 Å². The van der Waals surface area contributed by atoms with Gasteiger partial charge in [0.2, 0.25) is 5.43 Å². The predicted octanol–water partition coefficient (Wildman–Crippen LogP) is 3.20. The first kappa shape index (κ1) is 12.9. The Morgan fingerprint density at radius 2 is 1.75 bits per heavy atom. The third-order valence-electron chi connectivity index (χ3n) is 3.51. The first-order valence-electron chi connectivity index (χ1n) is 6.26. The maximum atomic E-state index is 12.3. The van der Waals surface area contributed by atoms with E-state index in [-0.39, 0.29) is 10.8 Å². The minimum atomic E-state index is -0.589. The molecule has 1 aliphatic rings. The Bertz CT molecular complexity index is 781. The Balaban J connectivity index is 2.48. The van der Waals surface area contributed by atoms with E-state index >= 15 is 0 Å². The highest BCUT2D eigenvalue weighted by Gasteiger charge is 2.22. The van der Waals surface area contributed by atoms with Crippen LogP contribution >= 0.6 is 11.6 Å². The van der Waals surface area contributed by atoms with Crippen LogP contribution in [0.3, 0.4) is 0 Å². The molecular weight excluding hydrogens is 276 g/mol. The van der Waals surface area contributed by atoms with E-state index in [1.54, 1.807) is 0 Å². The molecule has 0 radical (unpaired) electrons. The summed E-state index contributed by atoms with van der Waals surface area (Å²) in [5.74, 6) is -0.579. The maximum absolute atomic E-state index is 12.3. The second kappa shape index (κ2) is 4.76. The van der Waals surface area contributed by atoms with Crippen LogP contribution in [0.4, 0.5) is 0 Å². The molecule has 1 aliphatic carbocycles. The zero-order chi connectivity index (χ0) is 14.3. The van der Waals surface area contributed by atoms with Gasteiger partial charge < -0.3 is 5.11 Å². The van der Waals surface area contributed by atoms with Gasteiger partial charge in [0.1, 0.15) is 0 Å². The zero-order valence-corrected chi connectivity index (χ0v) is 11.3. The first-order chi connectivity index (χ1) is 9.58. The average Bonchev–Trinajstić information content (AvgIpc) is 2.63. The number of benzene rings is 1. The molecule has 0 atom stereocenters. The molecule has 2 aromatic carbocycles. The van der Waals surface area contributed by atoms with Crippen LogP contribution in [0.2, 0.25) is 5.02 Å². The highest BCUT2D eigenvalue weighted by Crippen LogP contribution is 2.37. The zero-order valence-electron chi connectivity index (χ0n) is 10.5. The van der Waals surface area contributed by atoms with Gasteiger partial charge in [-0.2, -0.15) is 0 Å². The van der Waals surface area contributed by atoms with Crippen molar-refractivity contribution in [2.45, 2.75) is 12.8 Å². The van der Waals surface area contributed by atoms with Crippen molar-refractivity contribution >= 4 is 17.4 Å². The lowest BCUT2D eigenvalue weighted by Crippen LogP contribution is -1.98. The number of ketones is 1. The summed E-state index contributed by atoms with van der Waals surface area (Å²) in [6.07, 6.45) is 0.951. The van der Waals surface area contributed by atoms with E-state index in [4.69, 9.17) is 11.6 Å². The number of carbonyl (C=O) groups is 1. The van der Waals surface area contributed by atoms with Gasteiger partial charge in [-0.1, -0.05) is 35.9 Å². The maximum Gasteiger partial charge on any atom is 0.221 e. The van der Waals surface area contributed by atoms with Gasteiger partial charge in [-0.05, 0) is 23.6 Å². The lowest BCUT2D eigenvalue weighted by molar-refractivity contribution is 0.0984. The second-order valence-corrected chi connectivity index (χ2v) is 5.16. The summed E-state index contributed by atoms with van der Waals surface area (Å²) in [5.41, 5.74) is 2.10. The van der Waals surface area contributed by atoms with E-state index < -0.39 is 11.2 Å². The number of hydrogen-bond acceptors (Lipinski definition) is 3. The highest BCUT2D eigenvalue weighted by molar-refractivity contribution is 6.34. The van der Waals surface area contributed by atoms with Crippen molar-refractivity contribution < 1.29 is 9.90 Å². The van der Waals surface area contributed by atoms with Gasteiger partial charge in [-0.3, -0.25) is 9.59 Å². The van der Waals surface area contributed by atoms with Crippen LogP contribution in [-0.2, 0) is 6.42 Å². The van der Waals surface area contributed by atoms with Crippen molar-refractivity contribution in [3.63, 3.8) is 0 Å². The van der Waals surface area contributed by atoms with Crippen molar-refractivity contribution in [1.29, 1.82) is 0 Å². The van der Waals surface area contributed by atoms with Crippen molar-refractivity contribution in [1.82, 2.24) is 0 Å². The lowest BCUT2D eigenvalue weighted by Gasteiger charge is -2.07. The van der Waals surface area contributed by atoms with Gasteiger partial charge >= 0.3 is 0 Å². The number of fused-ring (bicyclic) bond motifs is 3. The molecule has 2 aromatic rings. The summed E-state index contributed by atoms with van der Waals surface area (Å²) in [6.45, 7) is 0. The topological polar surface area (TPSA) is 54.4 Å². The number of halogens is 1. The van der Waals surface area contributed by atoms with Crippen molar-refractivity contribution in [3.05, 3.63) is 62.8 Å². The fourth-order valence-electron chi connectivity index (χ4n) is 2.53. The van der Waals surface area contributed by atoms with E-state index in [2.05, 4.69) is 0 Å². The van der Waals surface area contributed by atoms with Gasteiger partial charge in [-0.15, -0.1) is 0 Å². The van der Waals surface area contributed by atoms with E-state index in [0.717, 1.165) is 17.2 Å². The van der Waals surface area contributed by atoms with E-state index in [1.807, 2.05) is 24.3 Å². The highest BCUT2D eigenvalue weighted by atomic mass is 35.5. The van der Waals surface area contributed by atoms with Crippen LogP contribution in [0.15, 0.2) is 41.2 Å². The summed E-state index contributed by atoms with van der Waals surface area (Å²) in [7, 11) is 0. The van der Waals surface area contributed by atoms with Crippen molar-refractivity contribution in [3.8, 4) is 16.9 Å². The average molecular weight is 287 g/mol. The van der Waals surface area contributed by atoms with Crippen LogP contribution in [-0.4, -0.2) is 10.9 Å². The standard InChI is InChI=1S/C16H11ClO3/c17-12-8-15(20)14(19)7-11-13(18)6-5-9-3-1-2-4-10(9)16(11)12/h1-4,7-8H,5-6H2,(H,19,20). The van der Waals surface area contributed by atoms with E-state index in [0.29, 0.717) is 24.0 Å². The molecule has 0 aromatic heterocycles. The summed E-state index contributed by atoms with van der Waals surface area (Å²) >= 11 is 6.21. The van der Waals surface area contributed by atoms with Crippen LogP contribution < -0.4 is 5.43 Å². The van der Waals surface area contributed by atoms with Crippen molar-refractivity contribution in [2.75, 3.05) is 0 Å². The molecule has 0 bridgehead atoms. The molecule has 0 amide bonds. The number of hydrogen-bond donors (Lipinski definition) is 1. The summed E-state index contributed by atoms with van der Waals surface area (Å²) in [4.78, 5) is 23.9. The fraction of sp³-hybridized carbons (Fsp3) is 0.125. The number of aryl methyl sites for hydroxylation is 1. The second-order valence-electron chi connectivity index (χ2n) is 4.76. The quantitative estimate of drug-likeness (QED) is 0.809. The van der Waals surface area contributed by atoms with Crippen LogP contribution in [0, 0.1) is 0 Å². The third kappa shape index (κ3) is 2.00. The summed E-state index contributed by atoms with van der Waals surface area (Å²) in [5, 5.41) is 9.88. The summed E-state index contributed by atoms with van der Waals surface area (Å²) < 4.78 is 0. The molecule has 20 heavy (non-hydrogen) atoms. The molecule has 0 unspecified atom stereocenters. The Labute approximate surface area is 120 Å². The van der Waals surface area contributed by atoms with Gasteiger partial charge in [0.05, 0.1) is 5.02 Å². The molecule has 0 heterocycles. The third-order valence-corrected chi connectivity index (χ3v) is 3.81. The van der Waals surface area contributed by atoms with Crippen molar-refractivity contribution in [2.24, 2.45) is 0 Å². The molecule has 3 nitrogen and oxygen atoms in total. The molecule has 3 rings (SSSR count). The monoisotopic (exact) mass is 286 g/mol.